The predicted octanol–water partition coefficient (Wildman–Crippen LogP) is 3.68. The van der Waals surface area contributed by atoms with E-state index in [1.54, 1.807) is 0 Å². The Kier molecular flexibility index (Phi) is 3.01. The summed E-state index contributed by atoms with van der Waals surface area (Å²) in [7, 11) is 0. The van der Waals surface area contributed by atoms with Crippen molar-refractivity contribution in [1.82, 2.24) is 0 Å². The molecule has 0 bridgehead atoms. The van der Waals surface area contributed by atoms with E-state index in [2.05, 4.69) is 36.7 Å². The molecule has 1 aliphatic rings. The molecule has 3 heteroatoms. The molecule has 88 valence electrons. The number of ether oxygens (including phenoxy) is 1. The van der Waals surface area contributed by atoms with Crippen LogP contribution in [-0.4, -0.2) is 11.2 Å². The summed E-state index contributed by atoms with van der Waals surface area (Å²) in [5.74, 6) is 0.807. The molecular formula is C13H17BrO2. The molecule has 1 unspecified atom stereocenters. The Hall–Kier alpha value is -0.540. The molecule has 2 atom stereocenters. The fraction of sp³-hybridized carbons (Fsp3) is 0.538. The van der Waals surface area contributed by atoms with Gasteiger partial charge < -0.3 is 9.84 Å². The lowest BCUT2D eigenvalue weighted by atomic mass is 9.83. The number of fused-ring (bicyclic) bond motifs is 1. The fourth-order valence-corrected chi connectivity index (χ4v) is 2.33. The van der Waals surface area contributed by atoms with Gasteiger partial charge in [0.15, 0.2) is 0 Å². The summed E-state index contributed by atoms with van der Waals surface area (Å²) in [5.41, 5.74) is 0.932. The van der Waals surface area contributed by atoms with Crippen LogP contribution in [0.2, 0.25) is 0 Å². The van der Waals surface area contributed by atoms with Gasteiger partial charge in [-0.1, -0.05) is 36.7 Å². The van der Waals surface area contributed by atoms with Crippen LogP contribution in [0, 0.1) is 5.41 Å². The molecular weight excluding hydrogens is 268 g/mol. The lowest BCUT2D eigenvalue weighted by molar-refractivity contribution is 0.00797. The van der Waals surface area contributed by atoms with E-state index < -0.39 is 6.10 Å². The highest BCUT2D eigenvalue weighted by molar-refractivity contribution is 9.10. The average molecular weight is 285 g/mol. The minimum absolute atomic E-state index is 0.0474. The zero-order chi connectivity index (χ0) is 11.9. The van der Waals surface area contributed by atoms with Gasteiger partial charge >= 0.3 is 0 Å². The van der Waals surface area contributed by atoms with Gasteiger partial charge in [0.1, 0.15) is 11.9 Å². The summed E-state index contributed by atoms with van der Waals surface area (Å²) >= 11 is 3.41. The first kappa shape index (κ1) is 11.9. The third-order valence-electron chi connectivity index (χ3n) is 3.00. The molecule has 2 rings (SSSR count). The maximum Gasteiger partial charge on any atom is 0.125 e. The van der Waals surface area contributed by atoms with Crippen LogP contribution in [0.3, 0.4) is 0 Å². The Bertz CT molecular complexity index is 395. The van der Waals surface area contributed by atoms with Crippen molar-refractivity contribution in [1.29, 1.82) is 0 Å². The average Bonchev–Trinajstić information content (AvgIpc) is 2.17. The fourth-order valence-electron chi connectivity index (χ4n) is 1.95. The van der Waals surface area contributed by atoms with Crippen molar-refractivity contribution in [2.45, 2.75) is 39.4 Å². The maximum atomic E-state index is 10.1. The highest BCUT2D eigenvalue weighted by Crippen LogP contribution is 2.41. The number of halogens is 1. The van der Waals surface area contributed by atoms with Crippen molar-refractivity contribution >= 4 is 15.9 Å². The summed E-state index contributed by atoms with van der Waals surface area (Å²) in [6.45, 7) is 6.40. The van der Waals surface area contributed by atoms with E-state index in [1.807, 2.05) is 18.2 Å². The van der Waals surface area contributed by atoms with Crippen molar-refractivity contribution in [3.05, 3.63) is 28.2 Å². The first-order chi connectivity index (χ1) is 7.38. The Balaban J connectivity index is 2.34. The van der Waals surface area contributed by atoms with Gasteiger partial charge in [0.05, 0.1) is 6.10 Å². The van der Waals surface area contributed by atoms with E-state index in [1.165, 1.54) is 0 Å². The topological polar surface area (TPSA) is 29.5 Å². The lowest BCUT2D eigenvalue weighted by Crippen LogP contribution is -2.36. The van der Waals surface area contributed by atoms with Gasteiger partial charge in [-0.2, -0.15) is 0 Å². The molecule has 0 saturated heterocycles. The van der Waals surface area contributed by atoms with Gasteiger partial charge in [0.2, 0.25) is 0 Å². The van der Waals surface area contributed by atoms with Crippen LogP contribution in [0.1, 0.15) is 38.9 Å². The molecule has 1 aromatic rings. The Morgan fingerprint density at radius 2 is 2.06 bits per heavy atom. The Morgan fingerprint density at radius 1 is 1.38 bits per heavy atom. The van der Waals surface area contributed by atoms with Crippen LogP contribution in [0.5, 0.6) is 5.75 Å². The van der Waals surface area contributed by atoms with Gasteiger partial charge in [0, 0.05) is 16.5 Å². The first-order valence-electron chi connectivity index (χ1n) is 5.52. The highest BCUT2D eigenvalue weighted by Gasteiger charge is 2.34. The monoisotopic (exact) mass is 284 g/mol. The van der Waals surface area contributed by atoms with Crippen molar-refractivity contribution in [3.8, 4) is 5.75 Å². The van der Waals surface area contributed by atoms with Crippen LogP contribution >= 0.6 is 15.9 Å². The largest absolute Gasteiger partial charge is 0.489 e. The SMILES string of the molecule is CC(C)(C)C1C[C@H](O)c2cc(Br)ccc2O1. The molecule has 1 N–H and O–H groups in total. The number of benzene rings is 1. The van der Waals surface area contributed by atoms with Crippen LogP contribution in [0.15, 0.2) is 22.7 Å². The molecule has 0 fully saturated rings. The van der Waals surface area contributed by atoms with Crippen LogP contribution in [0.25, 0.3) is 0 Å². The smallest absolute Gasteiger partial charge is 0.125 e. The molecule has 16 heavy (non-hydrogen) atoms. The zero-order valence-electron chi connectivity index (χ0n) is 9.83. The lowest BCUT2D eigenvalue weighted by Gasteiger charge is -2.37. The van der Waals surface area contributed by atoms with Crippen LogP contribution in [-0.2, 0) is 0 Å². The molecule has 1 aliphatic heterocycles. The van der Waals surface area contributed by atoms with Gasteiger partial charge in [-0.15, -0.1) is 0 Å². The second kappa shape index (κ2) is 4.04. The minimum Gasteiger partial charge on any atom is -0.489 e. The summed E-state index contributed by atoms with van der Waals surface area (Å²) < 4.78 is 6.92. The van der Waals surface area contributed by atoms with E-state index in [0.29, 0.717) is 6.42 Å². The van der Waals surface area contributed by atoms with Gasteiger partial charge in [0.25, 0.3) is 0 Å². The van der Waals surface area contributed by atoms with Gasteiger partial charge in [-0.25, -0.2) is 0 Å². The van der Waals surface area contributed by atoms with Gasteiger partial charge in [-0.05, 0) is 23.6 Å². The molecule has 0 radical (unpaired) electrons. The predicted molar refractivity (Wildman–Crippen MR) is 67.6 cm³/mol. The van der Waals surface area contributed by atoms with Gasteiger partial charge in [-0.3, -0.25) is 0 Å². The number of aliphatic hydroxyl groups is 1. The molecule has 2 nitrogen and oxygen atoms in total. The Morgan fingerprint density at radius 3 is 2.69 bits per heavy atom. The minimum atomic E-state index is -0.425. The summed E-state index contributed by atoms with van der Waals surface area (Å²) in [5, 5.41) is 10.1. The normalized spacial score (nSPS) is 24.8. The highest BCUT2D eigenvalue weighted by atomic mass is 79.9. The third-order valence-corrected chi connectivity index (χ3v) is 3.50. The van der Waals surface area contributed by atoms with Crippen molar-refractivity contribution in [3.63, 3.8) is 0 Å². The molecule has 1 aromatic carbocycles. The van der Waals surface area contributed by atoms with E-state index >= 15 is 0 Å². The molecule has 1 heterocycles. The van der Waals surface area contributed by atoms with E-state index in [9.17, 15) is 5.11 Å². The third kappa shape index (κ3) is 2.25. The second-order valence-corrected chi connectivity index (χ2v) is 6.32. The van der Waals surface area contributed by atoms with E-state index in [-0.39, 0.29) is 11.5 Å². The molecule has 0 spiro atoms. The molecule has 0 amide bonds. The number of hydrogen-bond acceptors (Lipinski definition) is 2. The maximum absolute atomic E-state index is 10.1. The Labute approximate surface area is 105 Å². The van der Waals surface area contributed by atoms with Crippen molar-refractivity contribution in [2.75, 3.05) is 0 Å². The molecule has 0 aliphatic carbocycles. The standard InChI is InChI=1S/C13H17BrO2/c1-13(2,3)12-7-10(15)9-6-8(14)4-5-11(9)16-12/h4-6,10,12,15H,7H2,1-3H3/t10-,12?/m0/s1. The van der Waals surface area contributed by atoms with Crippen LogP contribution in [0.4, 0.5) is 0 Å². The summed E-state index contributed by atoms with van der Waals surface area (Å²) in [4.78, 5) is 0. The second-order valence-electron chi connectivity index (χ2n) is 5.41. The summed E-state index contributed by atoms with van der Waals surface area (Å²) in [6, 6.07) is 5.79. The first-order valence-corrected chi connectivity index (χ1v) is 6.31. The summed E-state index contributed by atoms with van der Waals surface area (Å²) in [6.07, 6.45) is 0.300. The number of hydrogen-bond donors (Lipinski definition) is 1. The zero-order valence-corrected chi connectivity index (χ0v) is 11.4. The molecule has 0 saturated carbocycles. The van der Waals surface area contributed by atoms with Crippen molar-refractivity contribution in [2.24, 2.45) is 5.41 Å². The van der Waals surface area contributed by atoms with Crippen LogP contribution < -0.4 is 4.74 Å². The van der Waals surface area contributed by atoms with Crippen molar-refractivity contribution < 1.29 is 9.84 Å². The van der Waals surface area contributed by atoms with E-state index in [0.717, 1.165) is 15.8 Å². The number of aliphatic hydroxyl groups excluding tert-OH is 1. The molecule has 0 aromatic heterocycles. The number of rotatable bonds is 0. The van der Waals surface area contributed by atoms with E-state index in [4.69, 9.17) is 4.74 Å². The quantitative estimate of drug-likeness (QED) is 0.788.